The summed E-state index contributed by atoms with van der Waals surface area (Å²) in [6, 6.07) is 6.49. The summed E-state index contributed by atoms with van der Waals surface area (Å²) in [4.78, 5) is 0.306. The second-order valence-electron chi connectivity index (χ2n) is 5.07. The minimum Gasteiger partial charge on any atom is -0.392 e. The van der Waals surface area contributed by atoms with Crippen molar-refractivity contribution in [3.63, 3.8) is 0 Å². The standard InChI is InChI=1S/C13H19NO3S/c1-10-7-11(2)14(8-10)18(16,17)13-5-3-12(9-15)4-6-13/h3-6,10-11,15H,7-9H2,1-2H3. The van der Waals surface area contributed by atoms with Crippen LogP contribution in [-0.4, -0.2) is 30.4 Å². The zero-order chi connectivity index (χ0) is 13.3. The van der Waals surface area contributed by atoms with Crippen LogP contribution in [0, 0.1) is 5.92 Å². The molecule has 0 radical (unpaired) electrons. The summed E-state index contributed by atoms with van der Waals surface area (Å²) < 4.78 is 26.5. The second-order valence-corrected chi connectivity index (χ2v) is 6.96. The minimum atomic E-state index is -3.39. The Morgan fingerprint density at radius 2 is 1.89 bits per heavy atom. The molecule has 1 aliphatic heterocycles. The van der Waals surface area contributed by atoms with Crippen LogP contribution >= 0.6 is 0 Å². The minimum absolute atomic E-state index is 0.0579. The Labute approximate surface area is 108 Å². The predicted octanol–water partition coefficient (Wildman–Crippen LogP) is 1.60. The van der Waals surface area contributed by atoms with Crippen LogP contribution in [0.25, 0.3) is 0 Å². The highest BCUT2D eigenvalue weighted by Gasteiger charge is 2.35. The van der Waals surface area contributed by atoms with Crippen molar-refractivity contribution in [3.05, 3.63) is 29.8 Å². The SMILES string of the molecule is CC1CC(C)N(S(=O)(=O)c2ccc(CO)cc2)C1. The summed E-state index contributed by atoms with van der Waals surface area (Å²) in [6.45, 7) is 4.53. The zero-order valence-electron chi connectivity index (χ0n) is 10.7. The summed E-state index contributed by atoms with van der Waals surface area (Å²) >= 11 is 0. The van der Waals surface area contributed by atoms with Crippen molar-refractivity contribution >= 4 is 10.0 Å². The molecule has 0 amide bonds. The lowest BCUT2D eigenvalue weighted by atomic mass is 10.1. The van der Waals surface area contributed by atoms with E-state index in [2.05, 4.69) is 6.92 Å². The summed E-state index contributed by atoms with van der Waals surface area (Å²) in [6.07, 6.45) is 0.911. The van der Waals surface area contributed by atoms with Gasteiger partial charge in [-0.1, -0.05) is 19.1 Å². The first-order valence-corrected chi connectivity index (χ1v) is 7.61. The van der Waals surface area contributed by atoms with Crippen molar-refractivity contribution in [2.45, 2.75) is 37.8 Å². The third-order valence-electron chi connectivity index (χ3n) is 3.44. The largest absolute Gasteiger partial charge is 0.392 e. The number of rotatable bonds is 3. The third kappa shape index (κ3) is 2.43. The van der Waals surface area contributed by atoms with E-state index in [-0.39, 0.29) is 12.6 Å². The van der Waals surface area contributed by atoms with Gasteiger partial charge in [0.2, 0.25) is 10.0 Å². The Bertz CT molecular complexity index is 510. The average Bonchev–Trinajstić information content (AvgIpc) is 2.69. The van der Waals surface area contributed by atoms with Crippen LogP contribution in [0.3, 0.4) is 0 Å². The Morgan fingerprint density at radius 1 is 1.28 bits per heavy atom. The van der Waals surface area contributed by atoms with Gasteiger partial charge in [-0.25, -0.2) is 8.42 Å². The van der Waals surface area contributed by atoms with Gasteiger partial charge < -0.3 is 5.11 Å². The molecule has 2 rings (SSSR count). The van der Waals surface area contributed by atoms with E-state index >= 15 is 0 Å². The molecule has 0 spiro atoms. The Hall–Kier alpha value is -0.910. The van der Waals surface area contributed by atoms with E-state index in [9.17, 15) is 8.42 Å². The molecule has 0 saturated carbocycles. The Balaban J connectivity index is 2.30. The molecule has 1 aliphatic rings. The molecule has 18 heavy (non-hydrogen) atoms. The Morgan fingerprint density at radius 3 is 2.33 bits per heavy atom. The van der Waals surface area contributed by atoms with E-state index in [0.717, 1.165) is 12.0 Å². The average molecular weight is 269 g/mol. The zero-order valence-corrected chi connectivity index (χ0v) is 11.5. The van der Waals surface area contributed by atoms with E-state index in [4.69, 9.17) is 5.11 Å². The number of hydrogen-bond acceptors (Lipinski definition) is 3. The van der Waals surface area contributed by atoms with Crippen molar-refractivity contribution < 1.29 is 13.5 Å². The molecular weight excluding hydrogens is 250 g/mol. The van der Waals surface area contributed by atoms with Crippen molar-refractivity contribution in [1.29, 1.82) is 0 Å². The van der Waals surface area contributed by atoms with E-state index in [0.29, 0.717) is 17.4 Å². The molecule has 1 aromatic rings. The van der Waals surface area contributed by atoms with Crippen LogP contribution in [0.5, 0.6) is 0 Å². The smallest absolute Gasteiger partial charge is 0.243 e. The lowest BCUT2D eigenvalue weighted by Crippen LogP contribution is -2.33. The normalized spacial score (nSPS) is 25.5. The maximum absolute atomic E-state index is 12.5. The molecule has 0 aromatic heterocycles. The highest BCUT2D eigenvalue weighted by Crippen LogP contribution is 2.29. The first-order chi connectivity index (χ1) is 8.45. The van der Waals surface area contributed by atoms with Gasteiger partial charge in [0.15, 0.2) is 0 Å². The molecule has 4 nitrogen and oxygen atoms in total. The van der Waals surface area contributed by atoms with Gasteiger partial charge in [-0.05, 0) is 37.0 Å². The number of hydrogen-bond donors (Lipinski definition) is 1. The van der Waals surface area contributed by atoms with Gasteiger partial charge in [-0.3, -0.25) is 0 Å². The first-order valence-electron chi connectivity index (χ1n) is 6.17. The highest BCUT2D eigenvalue weighted by atomic mass is 32.2. The topological polar surface area (TPSA) is 57.6 Å². The van der Waals surface area contributed by atoms with E-state index in [1.165, 1.54) is 0 Å². The number of aliphatic hydroxyl groups excluding tert-OH is 1. The molecule has 0 aliphatic carbocycles. The molecule has 1 fully saturated rings. The number of sulfonamides is 1. The third-order valence-corrected chi connectivity index (χ3v) is 5.43. The van der Waals surface area contributed by atoms with Crippen LogP contribution in [0.15, 0.2) is 29.2 Å². The molecule has 1 saturated heterocycles. The van der Waals surface area contributed by atoms with Gasteiger partial charge in [0.05, 0.1) is 11.5 Å². The second kappa shape index (κ2) is 4.99. The van der Waals surface area contributed by atoms with E-state index < -0.39 is 10.0 Å². The first kappa shape index (κ1) is 13.5. The molecule has 0 bridgehead atoms. The molecule has 2 atom stereocenters. The quantitative estimate of drug-likeness (QED) is 0.906. The van der Waals surface area contributed by atoms with Gasteiger partial charge in [-0.15, -0.1) is 0 Å². The lowest BCUT2D eigenvalue weighted by molar-refractivity contribution is 0.281. The van der Waals surface area contributed by atoms with Crippen molar-refractivity contribution in [3.8, 4) is 0 Å². The number of nitrogens with zero attached hydrogens (tertiary/aromatic N) is 1. The summed E-state index contributed by atoms with van der Waals surface area (Å²) in [5.74, 6) is 0.409. The van der Waals surface area contributed by atoms with Crippen molar-refractivity contribution in [2.24, 2.45) is 5.92 Å². The van der Waals surface area contributed by atoms with Crippen molar-refractivity contribution in [2.75, 3.05) is 6.54 Å². The molecule has 1 aromatic carbocycles. The molecule has 2 unspecified atom stereocenters. The van der Waals surface area contributed by atoms with E-state index in [1.54, 1.807) is 28.6 Å². The fourth-order valence-corrected chi connectivity index (χ4v) is 4.26. The van der Waals surface area contributed by atoms with Gasteiger partial charge >= 0.3 is 0 Å². The monoisotopic (exact) mass is 269 g/mol. The van der Waals surface area contributed by atoms with Crippen LogP contribution < -0.4 is 0 Å². The van der Waals surface area contributed by atoms with Crippen LogP contribution in [0.4, 0.5) is 0 Å². The molecule has 1 heterocycles. The summed E-state index contributed by atoms with van der Waals surface area (Å²) in [5.41, 5.74) is 0.719. The number of aliphatic hydroxyl groups is 1. The maximum atomic E-state index is 12.5. The van der Waals surface area contributed by atoms with Crippen LogP contribution in [0.2, 0.25) is 0 Å². The highest BCUT2D eigenvalue weighted by molar-refractivity contribution is 7.89. The van der Waals surface area contributed by atoms with Gasteiger partial charge in [0.25, 0.3) is 0 Å². The van der Waals surface area contributed by atoms with Gasteiger partial charge in [0, 0.05) is 12.6 Å². The summed E-state index contributed by atoms with van der Waals surface area (Å²) in [7, 11) is -3.39. The van der Waals surface area contributed by atoms with Crippen molar-refractivity contribution in [1.82, 2.24) is 4.31 Å². The fourth-order valence-electron chi connectivity index (χ4n) is 2.50. The fraction of sp³-hybridized carbons (Fsp3) is 0.538. The molecule has 100 valence electrons. The maximum Gasteiger partial charge on any atom is 0.243 e. The van der Waals surface area contributed by atoms with Gasteiger partial charge in [0.1, 0.15) is 0 Å². The molecule has 1 N–H and O–H groups in total. The molecular formula is C13H19NO3S. The molecule has 5 heteroatoms. The van der Waals surface area contributed by atoms with Gasteiger partial charge in [-0.2, -0.15) is 4.31 Å². The van der Waals surface area contributed by atoms with E-state index in [1.807, 2.05) is 6.92 Å². The van der Waals surface area contributed by atoms with Crippen LogP contribution in [0.1, 0.15) is 25.8 Å². The number of benzene rings is 1. The summed E-state index contributed by atoms with van der Waals surface area (Å²) in [5, 5.41) is 8.96. The van der Waals surface area contributed by atoms with Crippen LogP contribution in [-0.2, 0) is 16.6 Å². The lowest BCUT2D eigenvalue weighted by Gasteiger charge is -2.21. The Kier molecular flexibility index (Phi) is 3.75. The predicted molar refractivity (Wildman–Crippen MR) is 69.5 cm³/mol.